The summed E-state index contributed by atoms with van der Waals surface area (Å²) in [6, 6.07) is 6.58. The zero-order valence-corrected chi connectivity index (χ0v) is 16.9. The predicted molar refractivity (Wildman–Crippen MR) is 106 cm³/mol. The second-order valence-electron chi connectivity index (χ2n) is 7.94. The molecule has 3 heterocycles. The van der Waals surface area contributed by atoms with Gasteiger partial charge in [-0.15, -0.1) is 5.10 Å². The Kier molecular flexibility index (Phi) is 4.80. The number of thiazole rings is 1. The van der Waals surface area contributed by atoms with Crippen LogP contribution in [0.15, 0.2) is 24.3 Å². The number of piperidine rings is 1. The number of non-ortho nitro benzene ring substituents is 1. The van der Waals surface area contributed by atoms with Crippen LogP contribution in [0.4, 0.5) is 5.69 Å². The highest BCUT2D eigenvalue weighted by Gasteiger charge is 2.37. The van der Waals surface area contributed by atoms with Gasteiger partial charge in [0.15, 0.2) is 6.04 Å². The number of nitrogens with zero attached hydrogens (tertiary/aromatic N) is 4. The molecule has 1 aliphatic rings. The first kappa shape index (κ1) is 18.8. The minimum absolute atomic E-state index is 0.0698. The zero-order valence-electron chi connectivity index (χ0n) is 16.1. The first-order valence-electron chi connectivity index (χ1n) is 9.47. The molecule has 28 heavy (non-hydrogen) atoms. The van der Waals surface area contributed by atoms with Gasteiger partial charge in [0.1, 0.15) is 10.7 Å². The van der Waals surface area contributed by atoms with Crippen molar-refractivity contribution in [3.05, 3.63) is 50.6 Å². The van der Waals surface area contributed by atoms with Crippen molar-refractivity contribution >= 4 is 22.0 Å². The SMILES string of the molecule is Cc1nc2sc([C@H](c3ccc([N+](=O)[O-])cc3)[NH+]3C[C@@H](C)C[C@H](C)C3)c(O)n2n1. The van der Waals surface area contributed by atoms with Crippen molar-refractivity contribution in [2.45, 2.75) is 33.2 Å². The third-order valence-corrected chi connectivity index (χ3v) is 6.52. The van der Waals surface area contributed by atoms with Crippen molar-refractivity contribution in [1.29, 1.82) is 0 Å². The van der Waals surface area contributed by atoms with Crippen LogP contribution >= 0.6 is 11.3 Å². The number of benzene rings is 1. The van der Waals surface area contributed by atoms with Crippen LogP contribution < -0.4 is 4.90 Å². The van der Waals surface area contributed by atoms with E-state index in [0.29, 0.717) is 22.6 Å². The van der Waals surface area contributed by atoms with Crippen LogP contribution in [0.5, 0.6) is 5.88 Å². The van der Waals surface area contributed by atoms with E-state index < -0.39 is 0 Å². The number of rotatable bonds is 4. The molecule has 0 radical (unpaired) electrons. The standard InChI is InChI=1S/C19H23N5O3S/c1-11-8-12(2)10-22(9-11)16(14-4-6-15(7-5-14)24(26)27)17-18(25)23-19(28-17)20-13(3)21-23/h4-7,11-12,16,25H,8-10H2,1-3H3/p+1/t11-,12-,16-/m0/s1. The maximum absolute atomic E-state index is 11.1. The Morgan fingerprint density at radius 2 is 1.93 bits per heavy atom. The van der Waals surface area contributed by atoms with E-state index in [-0.39, 0.29) is 22.5 Å². The number of aryl methyl sites for hydroxylation is 1. The summed E-state index contributed by atoms with van der Waals surface area (Å²) in [4.78, 5) is 17.9. The molecule has 3 atom stereocenters. The number of nitro groups is 1. The summed E-state index contributed by atoms with van der Waals surface area (Å²) in [5.74, 6) is 1.88. The van der Waals surface area contributed by atoms with Gasteiger partial charge >= 0.3 is 0 Å². The van der Waals surface area contributed by atoms with Crippen molar-refractivity contribution in [3.63, 3.8) is 0 Å². The number of nitro benzene ring substituents is 1. The van der Waals surface area contributed by atoms with Crippen LogP contribution in [0.2, 0.25) is 0 Å². The van der Waals surface area contributed by atoms with Gasteiger partial charge < -0.3 is 10.0 Å². The van der Waals surface area contributed by atoms with Gasteiger partial charge in [-0.05, 0) is 25.5 Å². The molecule has 0 spiro atoms. The third-order valence-electron chi connectivity index (χ3n) is 5.44. The molecule has 1 fully saturated rings. The summed E-state index contributed by atoms with van der Waals surface area (Å²) in [5, 5.41) is 26.2. The van der Waals surface area contributed by atoms with E-state index in [9.17, 15) is 15.2 Å². The van der Waals surface area contributed by atoms with E-state index in [1.807, 2.05) is 0 Å². The van der Waals surface area contributed by atoms with E-state index in [2.05, 4.69) is 23.9 Å². The van der Waals surface area contributed by atoms with Crippen LogP contribution in [0.1, 0.15) is 42.6 Å². The lowest BCUT2D eigenvalue weighted by Gasteiger charge is -2.36. The average Bonchev–Trinajstić information content (AvgIpc) is 3.13. The lowest BCUT2D eigenvalue weighted by Crippen LogP contribution is -3.14. The molecule has 9 heteroatoms. The van der Waals surface area contributed by atoms with Crippen molar-refractivity contribution < 1.29 is 14.9 Å². The number of nitrogens with one attached hydrogen (secondary N) is 1. The molecule has 2 aromatic heterocycles. The van der Waals surface area contributed by atoms with Crippen LogP contribution in [0.25, 0.3) is 4.96 Å². The van der Waals surface area contributed by atoms with Gasteiger partial charge in [-0.25, -0.2) is 4.98 Å². The summed E-state index contributed by atoms with van der Waals surface area (Å²) in [7, 11) is 0. The lowest BCUT2D eigenvalue weighted by molar-refractivity contribution is -0.936. The van der Waals surface area contributed by atoms with Gasteiger partial charge in [-0.2, -0.15) is 4.52 Å². The molecular formula is C19H24N5O3S+. The fraction of sp³-hybridized carbons (Fsp3) is 0.474. The molecule has 0 unspecified atom stereocenters. The van der Waals surface area contributed by atoms with Crippen LogP contribution in [0.3, 0.4) is 0 Å². The van der Waals surface area contributed by atoms with Crippen LogP contribution in [0, 0.1) is 28.9 Å². The topological polar surface area (TPSA) is 98.0 Å². The summed E-state index contributed by atoms with van der Waals surface area (Å²) in [5.41, 5.74) is 1.03. The molecule has 8 nitrogen and oxygen atoms in total. The Hall–Kier alpha value is -2.52. The predicted octanol–water partition coefficient (Wildman–Crippen LogP) is 2.36. The number of hydrogen-bond acceptors (Lipinski definition) is 6. The minimum Gasteiger partial charge on any atom is -0.492 e. The third kappa shape index (κ3) is 3.35. The summed E-state index contributed by atoms with van der Waals surface area (Å²) < 4.78 is 1.49. The molecule has 3 aromatic rings. The van der Waals surface area contributed by atoms with Gasteiger partial charge in [0.05, 0.1) is 18.0 Å². The number of hydrogen-bond donors (Lipinski definition) is 2. The Bertz CT molecular complexity index is 1000. The molecule has 0 aliphatic carbocycles. The highest BCUT2D eigenvalue weighted by atomic mass is 32.1. The average molecular weight is 403 g/mol. The number of quaternary nitrogens is 1. The first-order valence-corrected chi connectivity index (χ1v) is 10.3. The molecule has 1 aromatic carbocycles. The van der Waals surface area contributed by atoms with Gasteiger partial charge in [0.25, 0.3) is 5.69 Å². The Balaban J connectivity index is 1.81. The van der Waals surface area contributed by atoms with Gasteiger partial charge in [-0.3, -0.25) is 10.1 Å². The summed E-state index contributed by atoms with van der Waals surface area (Å²) in [6.45, 7) is 8.28. The quantitative estimate of drug-likeness (QED) is 0.516. The molecule has 1 aliphatic heterocycles. The molecule has 2 N–H and O–H groups in total. The number of likely N-dealkylation sites (tertiary alicyclic amines) is 1. The highest BCUT2D eigenvalue weighted by molar-refractivity contribution is 7.17. The van der Waals surface area contributed by atoms with Gasteiger partial charge in [0.2, 0.25) is 10.8 Å². The van der Waals surface area contributed by atoms with E-state index in [0.717, 1.165) is 23.5 Å². The smallest absolute Gasteiger partial charge is 0.269 e. The van der Waals surface area contributed by atoms with Crippen molar-refractivity contribution in [2.24, 2.45) is 11.8 Å². The fourth-order valence-corrected chi connectivity index (χ4v) is 5.65. The number of aromatic nitrogens is 3. The normalized spacial score (nSPS) is 23.8. The first-order chi connectivity index (χ1) is 13.3. The highest BCUT2D eigenvalue weighted by Crippen LogP contribution is 2.36. The fourth-order valence-electron chi connectivity index (χ4n) is 4.46. The summed E-state index contributed by atoms with van der Waals surface area (Å²) in [6.07, 6.45) is 1.19. The number of fused-ring (bicyclic) bond motifs is 1. The molecule has 1 saturated heterocycles. The molecule has 0 saturated carbocycles. The molecule has 0 amide bonds. The lowest BCUT2D eigenvalue weighted by atomic mass is 9.89. The van der Waals surface area contributed by atoms with Gasteiger partial charge in [0, 0.05) is 29.5 Å². The van der Waals surface area contributed by atoms with Gasteiger partial charge in [-0.1, -0.05) is 25.2 Å². The minimum atomic E-state index is -0.389. The number of aromatic hydroxyl groups is 1. The Morgan fingerprint density at radius 1 is 1.29 bits per heavy atom. The molecule has 0 bridgehead atoms. The second kappa shape index (κ2) is 7.14. The van der Waals surface area contributed by atoms with Crippen molar-refractivity contribution in [3.8, 4) is 5.88 Å². The van der Waals surface area contributed by atoms with E-state index in [1.165, 1.54) is 39.3 Å². The monoisotopic (exact) mass is 402 g/mol. The van der Waals surface area contributed by atoms with Crippen molar-refractivity contribution in [2.75, 3.05) is 13.1 Å². The van der Waals surface area contributed by atoms with Crippen molar-refractivity contribution in [1.82, 2.24) is 14.6 Å². The maximum Gasteiger partial charge on any atom is 0.269 e. The van der Waals surface area contributed by atoms with Crippen LogP contribution in [-0.2, 0) is 0 Å². The second-order valence-corrected chi connectivity index (χ2v) is 8.95. The van der Waals surface area contributed by atoms with Crippen LogP contribution in [-0.4, -0.2) is 37.7 Å². The van der Waals surface area contributed by atoms with E-state index in [4.69, 9.17) is 0 Å². The Morgan fingerprint density at radius 3 is 2.50 bits per heavy atom. The largest absolute Gasteiger partial charge is 0.492 e. The van der Waals surface area contributed by atoms with E-state index >= 15 is 0 Å². The Labute approximate surface area is 166 Å². The maximum atomic E-state index is 11.1. The van der Waals surface area contributed by atoms with E-state index in [1.54, 1.807) is 19.1 Å². The molecular weight excluding hydrogens is 378 g/mol. The molecule has 148 valence electrons. The molecule has 4 rings (SSSR count). The zero-order chi connectivity index (χ0) is 20.0. The summed E-state index contributed by atoms with van der Waals surface area (Å²) >= 11 is 1.44.